The SMILES string of the molecule is O=C(COc1ccccc1)c1cc(O)c(O)c([N+](=O)[O-])c1. The minimum Gasteiger partial charge on any atom is -0.504 e. The maximum absolute atomic E-state index is 11.9. The van der Waals surface area contributed by atoms with Crippen LogP contribution in [-0.4, -0.2) is 27.5 Å². The molecule has 108 valence electrons. The van der Waals surface area contributed by atoms with Crippen molar-refractivity contribution in [2.24, 2.45) is 0 Å². The van der Waals surface area contributed by atoms with Gasteiger partial charge in [-0.1, -0.05) is 18.2 Å². The number of phenols is 2. The maximum Gasteiger partial charge on any atom is 0.315 e. The fourth-order valence-corrected chi connectivity index (χ4v) is 1.65. The van der Waals surface area contributed by atoms with Crippen LogP contribution in [0.3, 0.4) is 0 Å². The van der Waals surface area contributed by atoms with E-state index < -0.39 is 27.9 Å². The summed E-state index contributed by atoms with van der Waals surface area (Å²) in [7, 11) is 0. The number of aromatic hydroxyl groups is 2. The van der Waals surface area contributed by atoms with Crippen molar-refractivity contribution < 1.29 is 24.7 Å². The topological polar surface area (TPSA) is 110 Å². The number of hydrogen-bond acceptors (Lipinski definition) is 6. The highest BCUT2D eigenvalue weighted by Crippen LogP contribution is 2.36. The molecular formula is C14H11NO6. The predicted molar refractivity (Wildman–Crippen MR) is 72.7 cm³/mol. The Morgan fingerprint density at radius 3 is 2.48 bits per heavy atom. The highest BCUT2D eigenvalue weighted by molar-refractivity contribution is 5.98. The van der Waals surface area contributed by atoms with E-state index in [9.17, 15) is 25.1 Å². The van der Waals surface area contributed by atoms with Gasteiger partial charge in [0.2, 0.25) is 11.5 Å². The highest BCUT2D eigenvalue weighted by atomic mass is 16.6. The van der Waals surface area contributed by atoms with Crippen LogP contribution in [0.5, 0.6) is 17.2 Å². The van der Waals surface area contributed by atoms with E-state index in [4.69, 9.17) is 4.74 Å². The summed E-state index contributed by atoms with van der Waals surface area (Å²) in [6, 6.07) is 10.4. The Morgan fingerprint density at radius 2 is 1.86 bits per heavy atom. The Morgan fingerprint density at radius 1 is 1.19 bits per heavy atom. The molecule has 7 nitrogen and oxygen atoms in total. The molecule has 0 atom stereocenters. The quantitative estimate of drug-likeness (QED) is 0.378. The Labute approximate surface area is 119 Å². The molecule has 0 aliphatic carbocycles. The van der Waals surface area contributed by atoms with Crippen molar-refractivity contribution in [1.29, 1.82) is 0 Å². The first-order valence-corrected chi connectivity index (χ1v) is 5.90. The number of para-hydroxylation sites is 1. The number of ketones is 1. The molecule has 7 heteroatoms. The number of carbonyl (C=O) groups is 1. The van der Waals surface area contributed by atoms with Gasteiger partial charge in [0.1, 0.15) is 5.75 Å². The van der Waals surface area contributed by atoms with E-state index in [1.165, 1.54) is 0 Å². The van der Waals surface area contributed by atoms with Gasteiger partial charge in [-0.2, -0.15) is 0 Å². The Kier molecular flexibility index (Phi) is 4.03. The molecule has 0 saturated heterocycles. The molecule has 2 aromatic rings. The van der Waals surface area contributed by atoms with Crippen molar-refractivity contribution in [3.8, 4) is 17.2 Å². The largest absolute Gasteiger partial charge is 0.504 e. The lowest BCUT2D eigenvalue weighted by Gasteiger charge is -2.06. The third-order valence-electron chi connectivity index (χ3n) is 2.70. The summed E-state index contributed by atoms with van der Waals surface area (Å²) in [5.41, 5.74) is -0.856. The number of nitrogens with zero attached hydrogens (tertiary/aromatic N) is 1. The minimum absolute atomic E-state index is 0.118. The summed E-state index contributed by atoms with van der Waals surface area (Å²) in [6.45, 7) is -0.342. The van der Waals surface area contributed by atoms with Gasteiger partial charge in [-0.15, -0.1) is 0 Å². The number of rotatable bonds is 5. The lowest BCUT2D eigenvalue weighted by Crippen LogP contribution is -2.11. The zero-order valence-corrected chi connectivity index (χ0v) is 10.7. The molecule has 0 saturated carbocycles. The first kappa shape index (κ1) is 14.3. The van der Waals surface area contributed by atoms with Crippen molar-refractivity contribution >= 4 is 11.5 Å². The highest BCUT2D eigenvalue weighted by Gasteiger charge is 2.21. The van der Waals surface area contributed by atoms with Crippen molar-refractivity contribution in [3.63, 3.8) is 0 Å². The third-order valence-corrected chi connectivity index (χ3v) is 2.70. The zero-order chi connectivity index (χ0) is 15.4. The molecular weight excluding hydrogens is 278 g/mol. The molecule has 0 unspecified atom stereocenters. The first-order chi connectivity index (χ1) is 9.99. The monoisotopic (exact) mass is 289 g/mol. The van der Waals surface area contributed by atoms with E-state index in [1.807, 2.05) is 0 Å². The summed E-state index contributed by atoms with van der Waals surface area (Å²) in [6.07, 6.45) is 0. The van der Waals surface area contributed by atoms with Crippen LogP contribution in [0.2, 0.25) is 0 Å². The zero-order valence-electron chi connectivity index (χ0n) is 10.7. The van der Waals surface area contributed by atoms with Gasteiger partial charge in [-0.25, -0.2) is 0 Å². The Hall–Kier alpha value is -3.09. The normalized spacial score (nSPS) is 10.1. The molecule has 21 heavy (non-hydrogen) atoms. The number of ether oxygens (including phenoxy) is 1. The molecule has 0 amide bonds. The number of Topliss-reactive ketones (excluding diaryl/α,β-unsaturated/α-hetero) is 1. The molecule has 0 aliphatic heterocycles. The van der Waals surface area contributed by atoms with Crippen LogP contribution >= 0.6 is 0 Å². The van der Waals surface area contributed by atoms with Gasteiger partial charge in [-0.05, 0) is 18.2 Å². The van der Waals surface area contributed by atoms with E-state index in [1.54, 1.807) is 30.3 Å². The van der Waals surface area contributed by atoms with Gasteiger partial charge >= 0.3 is 5.69 Å². The molecule has 2 N–H and O–H groups in total. The van der Waals surface area contributed by atoms with E-state index in [0.29, 0.717) is 5.75 Å². The van der Waals surface area contributed by atoms with Gasteiger partial charge in [-0.3, -0.25) is 14.9 Å². The fraction of sp³-hybridized carbons (Fsp3) is 0.0714. The van der Waals surface area contributed by atoms with Crippen LogP contribution in [0.15, 0.2) is 42.5 Å². The van der Waals surface area contributed by atoms with Crippen molar-refractivity contribution in [3.05, 3.63) is 58.1 Å². The smallest absolute Gasteiger partial charge is 0.315 e. The average molecular weight is 289 g/mol. The second-order valence-corrected chi connectivity index (χ2v) is 4.15. The summed E-state index contributed by atoms with van der Waals surface area (Å²) in [5, 5.41) is 29.5. The average Bonchev–Trinajstić information content (AvgIpc) is 2.48. The number of nitro groups is 1. The molecule has 0 bridgehead atoms. The molecule has 0 aliphatic rings. The van der Waals surface area contributed by atoms with Gasteiger partial charge in [0.05, 0.1) is 4.92 Å². The van der Waals surface area contributed by atoms with E-state index in [0.717, 1.165) is 12.1 Å². The Bertz CT molecular complexity index is 683. The van der Waals surface area contributed by atoms with Crippen molar-refractivity contribution in [2.45, 2.75) is 0 Å². The molecule has 0 radical (unpaired) electrons. The van der Waals surface area contributed by atoms with Gasteiger partial charge in [0.25, 0.3) is 0 Å². The van der Waals surface area contributed by atoms with Crippen LogP contribution in [0.1, 0.15) is 10.4 Å². The van der Waals surface area contributed by atoms with E-state index >= 15 is 0 Å². The fourth-order valence-electron chi connectivity index (χ4n) is 1.65. The van der Waals surface area contributed by atoms with Crippen LogP contribution in [0.4, 0.5) is 5.69 Å². The predicted octanol–water partition coefficient (Wildman–Crippen LogP) is 2.27. The number of benzene rings is 2. The van der Waals surface area contributed by atoms with Crippen LogP contribution in [0.25, 0.3) is 0 Å². The number of phenolic OH excluding ortho intramolecular Hbond substituents is 2. The van der Waals surface area contributed by atoms with Crippen molar-refractivity contribution in [2.75, 3.05) is 6.61 Å². The molecule has 0 aromatic heterocycles. The lowest BCUT2D eigenvalue weighted by atomic mass is 10.1. The number of carbonyl (C=O) groups excluding carboxylic acids is 1. The van der Waals surface area contributed by atoms with Crippen molar-refractivity contribution in [1.82, 2.24) is 0 Å². The summed E-state index contributed by atoms with van der Waals surface area (Å²) < 4.78 is 5.23. The number of hydrogen-bond donors (Lipinski definition) is 2. The standard InChI is InChI=1S/C14H11NO6/c16-12-7-9(6-11(14(12)18)15(19)20)13(17)8-21-10-4-2-1-3-5-10/h1-7,16,18H,8H2. The minimum atomic E-state index is -0.885. The van der Waals surface area contributed by atoms with Crippen LogP contribution in [-0.2, 0) is 0 Å². The summed E-state index contributed by atoms with van der Waals surface area (Å²) in [5.74, 6) is -1.69. The molecule has 0 heterocycles. The second-order valence-electron chi connectivity index (χ2n) is 4.15. The molecule has 0 fully saturated rings. The van der Waals surface area contributed by atoms with Crippen LogP contribution < -0.4 is 4.74 Å². The second kappa shape index (κ2) is 5.91. The van der Waals surface area contributed by atoms with E-state index in [2.05, 4.69) is 0 Å². The van der Waals surface area contributed by atoms with E-state index in [-0.39, 0.29) is 12.2 Å². The summed E-state index contributed by atoms with van der Waals surface area (Å²) >= 11 is 0. The van der Waals surface area contributed by atoms with Gasteiger partial charge < -0.3 is 14.9 Å². The lowest BCUT2D eigenvalue weighted by molar-refractivity contribution is -0.386. The molecule has 2 rings (SSSR count). The number of nitro benzene ring substituents is 1. The first-order valence-electron chi connectivity index (χ1n) is 5.90. The summed E-state index contributed by atoms with van der Waals surface area (Å²) in [4.78, 5) is 21.8. The maximum atomic E-state index is 11.9. The molecule has 0 spiro atoms. The Balaban J connectivity index is 2.18. The van der Waals surface area contributed by atoms with Crippen LogP contribution in [0, 0.1) is 10.1 Å². The molecule has 2 aromatic carbocycles. The van der Waals surface area contributed by atoms with Gasteiger partial charge in [0.15, 0.2) is 12.4 Å². The third kappa shape index (κ3) is 3.27. The van der Waals surface area contributed by atoms with Gasteiger partial charge in [0, 0.05) is 11.6 Å².